The summed E-state index contributed by atoms with van der Waals surface area (Å²) in [5.74, 6) is -2.43. The molecule has 0 aliphatic heterocycles. The number of anilines is 1. The lowest BCUT2D eigenvalue weighted by Crippen LogP contribution is -2.08. The summed E-state index contributed by atoms with van der Waals surface area (Å²) >= 11 is 0.381. The number of amides is 1. The maximum absolute atomic E-state index is 12.5. The zero-order valence-electron chi connectivity index (χ0n) is 13.0. The third-order valence-corrected chi connectivity index (χ3v) is 3.76. The average Bonchev–Trinajstić information content (AvgIpc) is 2.60. The van der Waals surface area contributed by atoms with Crippen molar-refractivity contribution >= 4 is 29.4 Å². The van der Waals surface area contributed by atoms with E-state index >= 15 is 0 Å². The highest BCUT2D eigenvalue weighted by molar-refractivity contribution is 7.99. The van der Waals surface area contributed by atoms with Crippen LogP contribution in [0.15, 0.2) is 59.5 Å². The lowest BCUT2D eigenvalue weighted by atomic mass is 10.2. The van der Waals surface area contributed by atoms with Crippen LogP contribution in [0.3, 0.4) is 0 Å². The van der Waals surface area contributed by atoms with E-state index < -0.39 is 11.7 Å². The van der Waals surface area contributed by atoms with Gasteiger partial charge in [-0.15, -0.1) is 0 Å². The van der Waals surface area contributed by atoms with E-state index in [9.17, 15) is 13.6 Å². The first-order valence-corrected chi connectivity index (χ1v) is 8.09. The largest absolute Gasteiger partial charge is 0.479 e. The van der Waals surface area contributed by atoms with Crippen molar-refractivity contribution < 1.29 is 18.3 Å². The van der Waals surface area contributed by atoms with Gasteiger partial charge in [-0.2, -0.15) is 14.0 Å². The zero-order valence-corrected chi connectivity index (χ0v) is 13.8. The van der Waals surface area contributed by atoms with Gasteiger partial charge in [0.25, 0.3) is 5.76 Å². The molecule has 0 saturated heterocycles. The number of carbonyl (C=O) groups is 1. The zero-order chi connectivity index (χ0) is 18.1. The summed E-state index contributed by atoms with van der Waals surface area (Å²) in [4.78, 5) is 12.3. The van der Waals surface area contributed by atoms with Crippen LogP contribution < -0.4 is 10.1 Å². The molecule has 1 amide bonds. The number of alkyl halides is 2. The van der Waals surface area contributed by atoms with Crippen molar-refractivity contribution in [3.8, 4) is 11.8 Å². The summed E-state index contributed by atoms with van der Waals surface area (Å²) in [5.41, 5.74) is 1.09. The molecule has 128 valence electrons. The number of thioether (sulfide) groups is 1. The Morgan fingerprint density at radius 1 is 1.24 bits per heavy atom. The Morgan fingerprint density at radius 3 is 2.64 bits per heavy atom. The van der Waals surface area contributed by atoms with Crippen LogP contribution in [0.25, 0.3) is 6.08 Å². The van der Waals surface area contributed by atoms with Gasteiger partial charge in [0.2, 0.25) is 5.91 Å². The molecule has 0 saturated carbocycles. The summed E-state index contributed by atoms with van der Waals surface area (Å²) in [6.45, 7) is -0.0341. The van der Waals surface area contributed by atoms with Crippen LogP contribution in [0, 0.1) is 11.3 Å². The summed E-state index contributed by atoms with van der Waals surface area (Å²) in [5, 5.41) is 11.0. The normalized spacial score (nSPS) is 10.6. The van der Waals surface area contributed by atoms with Gasteiger partial charge < -0.3 is 10.1 Å². The number of para-hydroxylation sites is 1. The van der Waals surface area contributed by atoms with Crippen LogP contribution in [0.5, 0.6) is 5.75 Å². The number of hydrogen-bond acceptors (Lipinski definition) is 4. The highest BCUT2D eigenvalue weighted by atomic mass is 32.2. The number of carbonyl (C=O) groups excluding carboxylic acids is 1. The molecule has 0 radical (unpaired) electrons. The molecule has 0 spiro atoms. The second-order valence-electron chi connectivity index (χ2n) is 4.71. The molecule has 2 aromatic carbocycles. The molecule has 2 aromatic rings. The lowest BCUT2D eigenvalue weighted by molar-refractivity contribution is -0.111. The van der Waals surface area contributed by atoms with Gasteiger partial charge in [0, 0.05) is 11.0 Å². The van der Waals surface area contributed by atoms with Gasteiger partial charge in [-0.1, -0.05) is 36.0 Å². The van der Waals surface area contributed by atoms with Gasteiger partial charge in [0.1, 0.15) is 11.8 Å². The number of nitrogens with one attached hydrogen (secondary N) is 1. The van der Waals surface area contributed by atoms with Crippen molar-refractivity contribution in [1.82, 2.24) is 0 Å². The molecule has 0 fully saturated rings. The molecule has 25 heavy (non-hydrogen) atoms. The van der Waals surface area contributed by atoms with Crippen molar-refractivity contribution in [3.05, 3.63) is 60.2 Å². The standard InChI is InChI=1S/C18H14F2N2O2S/c19-18(20)25-16-4-2-1-3-15(16)22-17(23)10-7-13-5-8-14(9-6-13)24-12-11-21/h1-10,18H,12H2,(H,22,23). The lowest BCUT2D eigenvalue weighted by Gasteiger charge is -2.08. The maximum atomic E-state index is 12.5. The Hall–Kier alpha value is -2.85. The Morgan fingerprint density at radius 2 is 1.96 bits per heavy atom. The number of benzene rings is 2. The summed E-state index contributed by atoms with van der Waals surface area (Å²) in [7, 11) is 0. The van der Waals surface area contributed by atoms with E-state index in [1.807, 2.05) is 6.07 Å². The number of rotatable bonds is 7. The fourth-order valence-electron chi connectivity index (χ4n) is 1.91. The van der Waals surface area contributed by atoms with Crippen LogP contribution in [-0.4, -0.2) is 18.3 Å². The number of nitriles is 1. The maximum Gasteiger partial charge on any atom is 0.288 e. The third-order valence-electron chi connectivity index (χ3n) is 2.97. The van der Waals surface area contributed by atoms with Gasteiger partial charge in [-0.3, -0.25) is 4.79 Å². The molecule has 0 bridgehead atoms. The first kappa shape index (κ1) is 18.5. The van der Waals surface area contributed by atoms with E-state index in [2.05, 4.69) is 5.32 Å². The van der Waals surface area contributed by atoms with Crippen molar-refractivity contribution in [2.24, 2.45) is 0 Å². The minimum Gasteiger partial charge on any atom is -0.479 e. The Balaban J connectivity index is 1.98. The van der Waals surface area contributed by atoms with E-state index in [4.69, 9.17) is 10.00 Å². The molecule has 0 aliphatic carbocycles. The summed E-state index contributed by atoms with van der Waals surface area (Å²) in [6, 6.07) is 15.1. The first-order chi connectivity index (χ1) is 12.1. The van der Waals surface area contributed by atoms with Gasteiger partial charge in [-0.05, 0) is 35.9 Å². The van der Waals surface area contributed by atoms with Crippen molar-refractivity contribution in [1.29, 1.82) is 5.26 Å². The fourth-order valence-corrected chi connectivity index (χ4v) is 2.50. The molecular weight excluding hydrogens is 346 g/mol. The Kier molecular flexibility index (Phi) is 6.99. The molecule has 7 heteroatoms. The SMILES string of the molecule is N#CCOc1ccc(C=CC(=O)Nc2ccccc2SC(F)F)cc1. The van der Waals surface area contributed by atoms with E-state index in [-0.39, 0.29) is 6.61 Å². The predicted octanol–water partition coefficient (Wildman–Crippen LogP) is 4.56. The van der Waals surface area contributed by atoms with Gasteiger partial charge >= 0.3 is 0 Å². The molecule has 0 heterocycles. The molecular formula is C18H14F2N2O2S. The van der Waals surface area contributed by atoms with E-state index in [0.717, 1.165) is 5.56 Å². The van der Waals surface area contributed by atoms with Gasteiger partial charge in [0.15, 0.2) is 6.61 Å². The molecule has 1 N–H and O–H groups in total. The first-order valence-electron chi connectivity index (χ1n) is 7.21. The second kappa shape index (κ2) is 9.45. The third kappa shape index (κ3) is 6.28. The summed E-state index contributed by atoms with van der Waals surface area (Å²) < 4.78 is 30.2. The molecule has 0 aliphatic rings. The molecule has 0 aromatic heterocycles. The van der Waals surface area contributed by atoms with Crippen molar-refractivity contribution in [3.63, 3.8) is 0 Å². The van der Waals surface area contributed by atoms with Crippen molar-refractivity contribution in [2.75, 3.05) is 11.9 Å². The highest BCUT2D eigenvalue weighted by Crippen LogP contribution is 2.31. The number of halogens is 2. The van der Waals surface area contributed by atoms with Crippen LogP contribution in [-0.2, 0) is 4.79 Å². The Labute approximate surface area is 148 Å². The summed E-state index contributed by atoms with van der Waals surface area (Å²) in [6.07, 6.45) is 2.90. The van der Waals surface area contributed by atoms with E-state index in [1.54, 1.807) is 48.5 Å². The van der Waals surface area contributed by atoms with E-state index in [0.29, 0.717) is 28.1 Å². The van der Waals surface area contributed by atoms with Crippen LogP contribution in [0.2, 0.25) is 0 Å². The topological polar surface area (TPSA) is 62.1 Å². The number of hydrogen-bond donors (Lipinski definition) is 1. The Bertz CT molecular complexity index is 786. The minimum absolute atomic E-state index is 0.0341. The number of nitrogens with zero attached hydrogens (tertiary/aromatic N) is 1. The molecule has 0 atom stereocenters. The van der Waals surface area contributed by atoms with E-state index in [1.165, 1.54) is 12.1 Å². The van der Waals surface area contributed by atoms with Crippen LogP contribution >= 0.6 is 11.8 Å². The van der Waals surface area contributed by atoms with Gasteiger partial charge in [-0.25, -0.2) is 0 Å². The molecule has 0 unspecified atom stereocenters. The smallest absolute Gasteiger partial charge is 0.288 e. The quantitative estimate of drug-likeness (QED) is 0.581. The second-order valence-corrected chi connectivity index (χ2v) is 5.74. The fraction of sp³-hybridized carbons (Fsp3) is 0.111. The molecule has 4 nitrogen and oxygen atoms in total. The highest BCUT2D eigenvalue weighted by Gasteiger charge is 2.10. The minimum atomic E-state index is -2.56. The van der Waals surface area contributed by atoms with Gasteiger partial charge in [0.05, 0.1) is 5.69 Å². The van der Waals surface area contributed by atoms with Crippen LogP contribution in [0.4, 0.5) is 14.5 Å². The van der Waals surface area contributed by atoms with Crippen molar-refractivity contribution in [2.45, 2.75) is 10.7 Å². The average molecular weight is 360 g/mol. The number of ether oxygens (including phenoxy) is 1. The predicted molar refractivity (Wildman–Crippen MR) is 93.5 cm³/mol. The molecule has 2 rings (SSSR count). The monoisotopic (exact) mass is 360 g/mol. The van der Waals surface area contributed by atoms with Crippen LogP contribution in [0.1, 0.15) is 5.56 Å².